The van der Waals surface area contributed by atoms with Gasteiger partial charge in [-0.2, -0.15) is 11.8 Å². The first-order valence-corrected chi connectivity index (χ1v) is 7.61. The average Bonchev–Trinajstić information content (AvgIpc) is 2.46. The Morgan fingerprint density at radius 2 is 2.17 bits per heavy atom. The third kappa shape index (κ3) is 3.36. The van der Waals surface area contributed by atoms with E-state index in [-0.39, 0.29) is 5.60 Å². The van der Waals surface area contributed by atoms with Crippen molar-refractivity contribution in [2.75, 3.05) is 30.5 Å². The Labute approximate surface area is 113 Å². The summed E-state index contributed by atoms with van der Waals surface area (Å²) in [4.78, 5) is 8.46. The van der Waals surface area contributed by atoms with Crippen molar-refractivity contribution >= 4 is 17.6 Å². The van der Waals surface area contributed by atoms with Gasteiger partial charge in [0.1, 0.15) is 12.1 Å². The Morgan fingerprint density at radius 3 is 2.83 bits per heavy atom. The fraction of sp³-hybridized carbons (Fsp3) is 0.692. The van der Waals surface area contributed by atoms with Crippen molar-refractivity contribution in [2.45, 2.75) is 31.8 Å². The van der Waals surface area contributed by atoms with Crippen molar-refractivity contribution in [2.24, 2.45) is 0 Å². The van der Waals surface area contributed by atoms with Gasteiger partial charge in [-0.05, 0) is 30.8 Å². The summed E-state index contributed by atoms with van der Waals surface area (Å²) in [6.45, 7) is 2.92. The van der Waals surface area contributed by atoms with Crippen molar-refractivity contribution < 1.29 is 4.74 Å². The van der Waals surface area contributed by atoms with Crippen LogP contribution in [0.25, 0.3) is 0 Å². The molecule has 1 aliphatic heterocycles. The van der Waals surface area contributed by atoms with Crippen LogP contribution in [0.1, 0.15) is 25.5 Å². The van der Waals surface area contributed by atoms with Crippen LogP contribution >= 0.6 is 11.8 Å². The monoisotopic (exact) mass is 267 g/mol. The number of thioether (sulfide) groups is 1. The number of ether oxygens (including phenoxy) is 1. The van der Waals surface area contributed by atoms with E-state index >= 15 is 0 Å². The van der Waals surface area contributed by atoms with E-state index in [9.17, 15) is 0 Å². The molecule has 0 radical (unpaired) electrons. The molecule has 0 saturated carbocycles. The van der Waals surface area contributed by atoms with Gasteiger partial charge in [-0.25, -0.2) is 9.97 Å². The molecule has 1 aliphatic rings. The lowest BCUT2D eigenvalue weighted by atomic mass is 9.96. The van der Waals surface area contributed by atoms with Gasteiger partial charge in [0.25, 0.3) is 0 Å². The minimum Gasteiger partial charge on any atom is -0.376 e. The van der Waals surface area contributed by atoms with E-state index in [1.165, 1.54) is 11.5 Å². The summed E-state index contributed by atoms with van der Waals surface area (Å²) >= 11 is 2.01. The molecule has 2 rings (SSSR count). The van der Waals surface area contributed by atoms with Gasteiger partial charge in [0, 0.05) is 25.4 Å². The Kier molecular flexibility index (Phi) is 4.83. The van der Waals surface area contributed by atoms with Gasteiger partial charge in [-0.1, -0.05) is 6.92 Å². The first-order chi connectivity index (χ1) is 8.78. The number of hydrogen-bond acceptors (Lipinski definition) is 5. The summed E-state index contributed by atoms with van der Waals surface area (Å²) in [6, 6.07) is 2.01. The molecule has 5 heteroatoms. The van der Waals surface area contributed by atoms with Crippen LogP contribution in [0.3, 0.4) is 0 Å². The van der Waals surface area contributed by atoms with Crippen molar-refractivity contribution in [3.8, 4) is 0 Å². The summed E-state index contributed by atoms with van der Waals surface area (Å²) < 4.78 is 5.74. The van der Waals surface area contributed by atoms with Crippen molar-refractivity contribution in [3.05, 3.63) is 18.1 Å². The number of nitrogens with zero attached hydrogens (tertiary/aromatic N) is 2. The van der Waals surface area contributed by atoms with E-state index in [0.29, 0.717) is 0 Å². The molecule has 4 nitrogen and oxygen atoms in total. The number of aryl methyl sites for hydroxylation is 1. The molecule has 0 aromatic carbocycles. The van der Waals surface area contributed by atoms with E-state index in [0.717, 1.165) is 37.3 Å². The summed E-state index contributed by atoms with van der Waals surface area (Å²) in [7, 11) is 1.81. The molecule has 1 fully saturated rings. The molecule has 1 aromatic heterocycles. The van der Waals surface area contributed by atoms with Gasteiger partial charge in [-0.3, -0.25) is 0 Å². The average molecular weight is 267 g/mol. The summed E-state index contributed by atoms with van der Waals surface area (Å²) in [5.41, 5.74) is 1.04. The molecule has 0 aliphatic carbocycles. The molecule has 0 spiro atoms. The third-order valence-corrected chi connectivity index (χ3v) is 4.50. The predicted molar refractivity (Wildman–Crippen MR) is 76.2 cm³/mol. The lowest BCUT2D eigenvalue weighted by Crippen LogP contribution is -2.42. The first-order valence-electron chi connectivity index (χ1n) is 6.46. The molecule has 0 atom stereocenters. The highest BCUT2D eigenvalue weighted by Crippen LogP contribution is 2.30. The van der Waals surface area contributed by atoms with Crippen LogP contribution in [0.5, 0.6) is 0 Å². The predicted octanol–water partition coefficient (Wildman–Crippen LogP) is 2.36. The summed E-state index contributed by atoms with van der Waals surface area (Å²) in [5, 5.41) is 3.40. The Hall–Kier alpha value is -0.810. The summed E-state index contributed by atoms with van der Waals surface area (Å²) in [5.74, 6) is 3.26. The van der Waals surface area contributed by atoms with Crippen molar-refractivity contribution in [1.82, 2.24) is 9.97 Å². The quantitative estimate of drug-likeness (QED) is 0.887. The molecule has 100 valence electrons. The maximum atomic E-state index is 5.74. The molecule has 1 aromatic rings. The van der Waals surface area contributed by atoms with Crippen LogP contribution in [0, 0.1) is 0 Å². The van der Waals surface area contributed by atoms with E-state index in [1.807, 2.05) is 24.9 Å². The third-order valence-electron chi connectivity index (χ3n) is 3.51. The largest absolute Gasteiger partial charge is 0.376 e. The molecule has 0 bridgehead atoms. The zero-order valence-electron chi connectivity index (χ0n) is 11.1. The SMILES string of the molecule is CCc1cc(NCC2(OC)CCSCC2)ncn1. The lowest BCUT2D eigenvalue weighted by Gasteiger charge is -2.35. The molecule has 18 heavy (non-hydrogen) atoms. The number of nitrogens with one attached hydrogen (secondary N) is 1. The van der Waals surface area contributed by atoms with Gasteiger partial charge in [-0.15, -0.1) is 0 Å². The Bertz CT molecular complexity index is 380. The van der Waals surface area contributed by atoms with Gasteiger partial charge < -0.3 is 10.1 Å². The zero-order chi connectivity index (χ0) is 12.8. The second-order valence-electron chi connectivity index (χ2n) is 4.60. The zero-order valence-corrected chi connectivity index (χ0v) is 11.9. The second-order valence-corrected chi connectivity index (χ2v) is 5.83. The lowest BCUT2D eigenvalue weighted by molar-refractivity contribution is -0.00554. The highest BCUT2D eigenvalue weighted by molar-refractivity contribution is 7.99. The number of rotatable bonds is 5. The normalized spacial score (nSPS) is 18.6. The highest BCUT2D eigenvalue weighted by Gasteiger charge is 2.31. The minimum atomic E-state index is -0.0252. The first kappa shape index (κ1) is 13.6. The second kappa shape index (κ2) is 6.38. The van der Waals surface area contributed by atoms with Crippen LogP contribution < -0.4 is 5.32 Å². The van der Waals surface area contributed by atoms with Gasteiger partial charge in [0.2, 0.25) is 0 Å². The van der Waals surface area contributed by atoms with Crippen molar-refractivity contribution in [3.63, 3.8) is 0 Å². The summed E-state index contributed by atoms with van der Waals surface area (Å²) in [6.07, 6.45) is 4.76. The van der Waals surface area contributed by atoms with Crippen LogP contribution in [-0.2, 0) is 11.2 Å². The fourth-order valence-corrected chi connectivity index (χ4v) is 3.37. The van der Waals surface area contributed by atoms with Crippen LogP contribution in [-0.4, -0.2) is 40.7 Å². The molecule has 2 heterocycles. The van der Waals surface area contributed by atoms with Crippen LogP contribution in [0.15, 0.2) is 12.4 Å². The molecular formula is C13H21N3OS. The molecule has 0 unspecified atom stereocenters. The van der Waals surface area contributed by atoms with Crippen LogP contribution in [0.4, 0.5) is 5.82 Å². The van der Waals surface area contributed by atoms with Gasteiger partial charge in [0.15, 0.2) is 0 Å². The van der Waals surface area contributed by atoms with E-state index in [1.54, 1.807) is 6.33 Å². The standard InChI is InChI=1S/C13H21N3OS/c1-3-11-8-12(16-10-15-11)14-9-13(17-2)4-6-18-7-5-13/h8,10H,3-7,9H2,1-2H3,(H,14,15,16). The Morgan fingerprint density at radius 1 is 1.39 bits per heavy atom. The molecule has 0 amide bonds. The van der Waals surface area contributed by atoms with E-state index < -0.39 is 0 Å². The van der Waals surface area contributed by atoms with Gasteiger partial charge >= 0.3 is 0 Å². The molecule has 1 N–H and O–H groups in total. The van der Waals surface area contributed by atoms with Crippen LogP contribution in [0.2, 0.25) is 0 Å². The molecule has 1 saturated heterocycles. The maximum Gasteiger partial charge on any atom is 0.129 e. The minimum absolute atomic E-state index is 0.0252. The molecular weight excluding hydrogens is 246 g/mol. The maximum absolute atomic E-state index is 5.74. The topological polar surface area (TPSA) is 47.0 Å². The van der Waals surface area contributed by atoms with Crippen molar-refractivity contribution in [1.29, 1.82) is 0 Å². The van der Waals surface area contributed by atoms with E-state index in [2.05, 4.69) is 22.2 Å². The number of methoxy groups -OCH3 is 1. The number of anilines is 1. The Balaban J connectivity index is 1.96. The number of aromatic nitrogens is 2. The van der Waals surface area contributed by atoms with E-state index in [4.69, 9.17) is 4.74 Å². The highest BCUT2D eigenvalue weighted by atomic mass is 32.2. The van der Waals surface area contributed by atoms with Gasteiger partial charge in [0.05, 0.1) is 5.60 Å². The number of hydrogen-bond donors (Lipinski definition) is 1. The fourth-order valence-electron chi connectivity index (χ4n) is 2.14. The smallest absolute Gasteiger partial charge is 0.129 e.